The van der Waals surface area contributed by atoms with Crippen LogP contribution in [0.4, 0.5) is 5.82 Å². The third-order valence-corrected chi connectivity index (χ3v) is 1.93. The van der Waals surface area contributed by atoms with E-state index >= 15 is 0 Å². The molecule has 0 radical (unpaired) electrons. The molecule has 1 fully saturated rings. The monoisotopic (exact) mass is 177 g/mol. The third kappa shape index (κ3) is 1.39. The van der Waals surface area contributed by atoms with E-state index < -0.39 is 0 Å². The van der Waals surface area contributed by atoms with E-state index in [1.165, 1.54) is 6.20 Å². The van der Waals surface area contributed by atoms with Crippen molar-refractivity contribution in [3.05, 3.63) is 33.2 Å². The third-order valence-electron chi connectivity index (χ3n) is 1.93. The van der Waals surface area contributed by atoms with Gasteiger partial charge in [-0.3, -0.25) is 4.79 Å². The van der Waals surface area contributed by atoms with Crippen molar-refractivity contribution in [1.82, 2.24) is 9.55 Å². The predicted molar refractivity (Wildman–Crippen MR) is 45.6 cm³/mol. The minimum atomic E-state index is -0.303. The first-order chi connectivity index (χ1) is 6.33. The fourth-order valence-electron chi connectivity index (χ4n) is 1.17. The van der Waals surface area contributed by atoms with Crippen LogP contribution in [0, 0.1) is 0 Å². The molecule has 0 aliphatic heterocycles. The molecule has 0 amide bonds. The Morgan fingerprint density at radius 1 is 1.69 bits per heavy atom. The molecule has 0 saturated heterocycles. The zero-order chi connectivity index (χ0) is 9.26. The minimum Gasteiger partial charge on any atom is -0.309 e. The first-order valence-electron chi connectivity index (χ1n) is 3.95. The van der Waals surface area contributed by atoms with Gasteiger partial charge in [0.15, 0.2) is 5.82 Å². The predicted octanol–water partition coefficient (Wildman–Crippen LogP) is 1.52. The summed E-state index contributed by atoms with van der Waals surface area (Å²) in [5.41, 5.74) is 7.86. The van der Waals surface area contributed by atoms with E-state index in [2.05, 4.69) is 15.0 Å². The van der Waals surface area contributed by atoms with Crippen molar-refractivity contribution in [1.29, 1.82) is 0 Å². The maximum atomic E-state index is 11.5. The van der Waals surface area contributed by atoms with Gasteiger partial charge in [-0.2, -0.15) is 0 Å². The summed E-state index contributed by atoms with van der Waals surface area (Å²) in [6, 6.07) is 0.281. The van der Waals surface area contributed by atoms with Gasteiger partial charge in [0.05, 0.1) is 0 Å². The van der Waals surface area contributed by atoms with Crippen molar-refractivity contribution in [2.45, 2.75) is 18.9 Å². The highest BCUT2D eigenvalue weighted by Crippen LogP contribution is 2.33. The van der Waals surface area contributed by atoms with E-state index in [1.54, 1.807) is 10.8 Å². The normalized spacial score (nSPS) is 15.1. The summed E-state index contributed by atoms with van der Waals surface area (Å²) in [6.45, 7) is 0. The molecular weight excluding hydrogens is 170 g/mol. The van der Waals surface area contributed by atoms with Gasteiger partial charge >= 0.3 is 0 Å². The molecule has 2 rings (SSSR count). The van der Waals surface area contributed by atoms with Gasteiger partial charge in [-0.25, -0.2) is 4.98 Å². The van der Waals surface area contributed by atoms with Crippen LogP contribution in [-0.2, 0) is 0 Å². The lowest BCUT2D eigenvalue weighted by Crippen LogP contribution is -2.18. The van der Waals surface area contributed by atoms with E-state index in [4.69, 9.17) is 5.53 Å². The van der Waals surface area contributed by atoms with Crippen LogP contribution in [0.5, 0.6) is 0 Å². The lowest BCUT2D eigenvalue weighted by atomic mass is 10.5. The molecule has 1 aliphatic rings. The Morgan fingerprint density at radius 2 is 2.46 bits per heavy atom. The van der Waals surface area contributed by atoms with Crippen LogP contribution >= 0.6 is 0 Å². The molecule has 66 valence electrons. The molecule has 6 heteroatoms. The molecule has 0 atom stereocenters. The van der Waals surface area contributed by atoms with Crippen LogP contribution in [0.2, 0.25) is 0 Å². The van der Waals surface area contributed by atoms with Crippen molar-refractivity contribution < 1.29 is 0 Å². The van der Waals surface area contributed by atoms with E-state index in [9.17, 15) is 4.79 Å². The van der Waals surface area contributed by atoms with Gasteiger partial charge in [-0.15, -0.1) is 0 Å². The lowest BCUT2D eigenvalue weighted by molar-refractivity contribution is 0.699. The molecule has 1 aliphatic carbocycles. The van der Waals surface area contributed by atoms with Crippen LogP contribution in [-0.4, -0.2) is 9.55 Å². The first-order valence-corrected chi connectivity index (χ1v) is 3.95. The minimum absolute atomic E-state index is 0.0723. The number of hydrogen-bond donors (Lipinski definition) is 0. The van der Waals surface area contributed by atoms with Crippen LogP contribution in [0.1, 0.15) is 18.9 Å². The van der Waals surface area contributed by atoms with Crippen molar-refractivity contribution in [2.24, 2.45) is 5.11 Å². The van der Waals surface area contributed by atoms with E-state index in [0.29, 0.717) is 0 Å². The molecular formula is C7H7N5O. The van der Waals surface area contributed by atoms with Crippen LogP contribution in [0.25, 0.3) is 10.4 Å². The smallest absolute Gasteiger partial charge is 0.279 e. The highest BCUT2D eigenvalue weighted by atomic mass is 16.1. The summed E-state index contributed by atoms with van der Waals surface area (Å²) >= 11 is 0. The van der Waals surface area contributed by atoms with Crippen molar-refractivity contribution in [2.75, 3.05) is 0 Å². The van der Waals surface area contributed by atoms with Gasteiger partial charge in [-0.1, -0.05) is 0 Å². The number of hydrogen-bond acceptors (Lipinski definition) is 3. The Labute approximate surface area is 73.5 Å². The molecule has 0 unspecified atom stereocenters. The second kappa shape index (κ2) is 2.91. The molecule has 1 saturated carbocycles. The Balaban J connectivity index is 2.53. The molecule has 13 heavy (non-hydrogen) atoms. The highest BCUT2D eigenvalue weighted by Gasteiger charge is 2.24. The molecule has 0 N–H and O–H groups in total. The standard InChI is InChI=1S/C7H7N5O/c8-11-10-6-7(13)12(4-3-9-6)5-1-2-5/h3-5H,1-2H2. The molecule has 0 aromatic carbocycles. The summed E-state index contributed by atoms with van der Waals surface area (Å²) in [6.07, 6.45) is 5.12. The van der Waals surface area contributed by atoms with E-state index in [0.717, 1.165) is 12.8 Å². The summed E-state index contributed by atoms with van der Waals surface area (Å²) in [5.74, 6) is -0.0723. The second-order valence-corrected chi connectivity index (χ2v) is 2.88. The summed E-state index contributed by atoms with van der Waals surface area (Å²) in [7, 11) is 0. The zero-order valence-corrected chi connectivity index (χ0v) is 6.79. The quantitative estimate of drug-likeness (QED) is 0.389. The maximum absolute atomic E-state index is 11.5. The molecule has 0 spiro atoms. The molecule has 1 aromatic heterocycles. The molecule has 0 bridgehead atoms. The van der Waals surface area contributed by atoms with Gasteiger partial charge in [0.1, 0.15) is 0 Å². The fraction of sp³-hybridized carbons (Fsp3) is 0.429. The van der Waals surface area contributed by atoms with Crippen molar-refractivity contribution in [3.63, 3.8) is 0 Å². The SMILES string of the molecule is [N-]=[N+]=Nc1nccn(C2CC2)c1=O. The first kappa shape index (κ1) is 7.82. The van der Waals surface area contributed by atoms with Crippen LogP contribution in [0.3, 0.4) is 0 Å². The van der Waals surface area contributed by atoms with Crippen LogP contribution < -0.4 is 5.56 Å². The topological polar surface area (TPSA) is 83.7 Å². The van der Waals surface area contributed by atoms with Crippen molar-refractivity contribution >= 4 is 5.82 Å². The second-order valence-electron chi connectivity index (χ2n) is 2.88. The Bertz CT molecular complexity index is 427. The number of azide groups is 1. The molecule has 1 aromatic rings. The molecule has 6 nitrogen and oxygen atoms in total. The maximum Gasteiger partial charge on any atom is 0.279 e. The summed E-state index contributed by atoms with van der Waals surface area (Å²) in [4.78, 5) is 17.7. The van der Waals surface area contributed by atoms with Gasteiger partial charge in [0.2, 0.25) is 0 Å². The lowest BCUT2D eigenvalue weighted by Gasteiger charge is -2.01. The fourth-order valence-corrected chi connectivity index (χ4v) is 1.17. The molecule has 1 heterocycles. The van der Waals surface area contributed by atoms with Gasteiger partial charge in [0.25, 0.3) is 5.56 Å². The largest absolute Gasteiger partial charge is 0.309 e. The van der Waals surface area contributed by atoms with E-state index in [-0.39, 0.29) is 17.4 Å². The number of nitrogens with zero attached hydrogens (tertiary/aromatic N) is 5. The van der Waals surface area contributed by atoms with Gasteiger partial charge in [-0.05, 0) is 23.5 Å². The Morgan fingerprint density at radius 3 is 3.08 bits per heavy atom. The Kier molecular flexibility index (Phi) is 1.75. The Hall–Kier alpha value is -1.81. The van der Waals surface area contributed by atoms with Gasteiger partial charge in [0, 0.05) is 23.3 Å². The zero-order valence-electron chi connectivity index (χ0n) is 6.79. The van der Waals surface area contributed by atoms with E-state index in [1.807, 2.05) is 0 Å². The van der Waals surface area contributed by atoms with Crippen molar-refractivity contribution in [3.8, 4) is 0 Å². The highest BCUT2D eigenvalue weighted by molar-refractivity contribution is 5.22. The van der Waals surface area contributed by atoms with Crippen LogP contribution in [0.15, 0.2) is 22.3 Å². The summed E-state index contributed by atoms with van der Waals surface area (Å²) < 4.78 is 1.57. The average Bonchev–Trinajstić information content (AvgIpc) is 2.92. The summed E-state index contributed by atoms with van der Waals surface area (Å²) in [5, 5.41) is 3.21. The number of aromatic nitrogens is 2. The van der Waals surface area contributed by atoms with Gasteiger partial charge < -0.3 is 4.57 Å². The average molecular weight is 177 g/mol. The number of rotatable bonds is 2.